The van der Waals surface area contributed by atoms with Gasteiger partial charge in [-0.3, -0.25) is 13.7 Å². The third-order valence-corrected chi connectivity index (χ3v) is 9.75. The van der Waals surface area contributed by atoms with Gasteiger partial charge < -0.3 is 5.32 Å². The molecule has 0 spiro atoms. The van der Waals surface area contributed by atoms with Crippen LogP contribution in [0.1, 0.15) is 41.2 Å². The average molecular weight is 554 g/mol. The predicted molar refractivity (Wildman–Crippen MR) is 140 cm³/mol. The second-order valence-electron chi connectivity index (χ2n) is 9.23. The quantitative estimate of drug-likeness (QED) is 0.350. The van der Waals surface area contributed by atoms with E-state index in [1.54, 1.807) is 0 Å². The Kier molecular flexibility index (Phi) is 7.71. The van der Waals surface area contributed by atoms with E-state index in [0.29, 0.717) is 40.2 Å². The number of alkyl halides is 3. The van der Waals surface area contributed by atoms with Crippen molar-refractivity contribution in [2.24, 2.45) is 5.92 Å². The van der Waals surface area contributed by atoms with E-state index in [1.165, 1.54) is 11.3 Å². The Morgan fingerprint density at radius 2 is 1.81 bits per heavy atom. The lowest BCUT2D eigenvalue weighted by Gasteiger charge is -2.21. The molecule has 1 aliphatic carbocycles. The Hall–Kier alpha value is -1.95. The van der Waals surface area contributed by atoms with Crippen molar-refractivity contribution in [3.63, 3.8) is 0 Å². The summed E-state index contributed by atoms with van der Waals surface area (Å²) in [7, 11) is -0.793. The molecule has 11 heteroatoms. The molecule has 2 aromatic carbocycles. The summed E-state index contributed by atoms with van der Waals surface area (Å²) in [5.74, 6) is 1.58. The van der Waals surface area contributed by atoms with Crippen LogP contribution in [0.15, 0.2) is 41.3 Å². The second-order valence-corrected chi connectivity index (χ2v) is 12.9. The van der Waals surface area contributed by atoms with Crippen molar-refractivity contribution in [1.82, 2.24) is 15.0 Å². The van der Waals surface area contributed by atoms with E-state index in [-0.39, 0.29) is 11.9 Å². The van der Waals surface area contributed by atoms with Crippen LogP contribution in [0.25, 0.3) is 21.2 Å². The molecule has 0 radical (unpaired) electrons. The van der Waals surface area contributed by atoms with Crippen molar-refractivity contribution in [3.05, 3.63) is 47.1 Å². The first-order valence-corrected chi connectivity index (χ1v) is 15.0. The van der Waals surface area contributed by atoms with Gasteiger partial charge in [-0.1, -0.05) is 30.3 Å². The molecule has 2 heterocycles. The Balaban J connectivity index is 1.44. The fourth-order valence-corrected chi connectivity index (χ4v) is 7.48. The first-order chi connectivity index (χ1) is 17.3. The molecule has 2 aliphatic rings. The summed E-state index contributed by atoms with van der Waals surface area (Å²) < 4.78 is 51.9. The summed E-state index contributed by atoms with van der Waals surface area (Å²) >= 11 is 2.33. The predicted octanol–water partition coefficient (Wildman–Crippen LogP) is 5.72. The van der Waals surface area contributed by atoms with E-state index in [4.69, 9.17) is 4.98 Å². The first-order valence-electron chi connectivity index (χ1n) is 11.9. The lowest BCUT2D eigenvalue weighted by Crippen LogP contribution is -2.39. The van der Waals surface area contributed by atoms with Crippen LogP contribution in [0, 0.1) is 5.92 Å². The molecule has 192 valence electrons. The third-order valence-electron chi connectivity index (χ3n) is 6.38. The summed E-state index contributed by atoms with van der Waals surface area (Å²) in [5.41, 5.74) is 1.84. The molecule has 36 heavy (non-hydrogen) atoms. The van der Waals surface area contributed by atoms with Crippen molar-refractivity contribution in [1.29, 1.82) is 0 Å². The Bertz CT molecular complexity index is 1280. The molecule has 1 saturated heterocycles. The molecule has 0 bridgehead atoms. The zero-order chi connectivity index (χ0) is 25.3. The maximum atomic E-state index is 13.1. The number of benzene rings is 2. The number of carbonyl (C=O) groups excluding carboxylic acids is 1. The van der Waals surface area contributed by atoms with E-state index in [1.807, 2.05) is 36.4 Å². The van der Waals surface area contributed by atoms with Crippen LogP contribution in [0.5, 0.6) is 0 Å². The topological polar surface area (TPSA) is 71.1 Å². The second kappa shape index (κ2) is 10.8. The highest BCUT2D eigenvalue weighted by atomic mass is 32.2. The molecule has 0 unspecified atom stereocenters. The van der Waals surface area contributed by atoms with E-state index in [0.717, 1.165) is 58.1 Å². The molecular formula is C25H26F3N3O2S3. The highest BCUT2D eigenvalue weighted by Gasteiger charge is 2.29. The van der Waals surface area contributed by atoms with Gasteiger partial charge in [-0.2, -0.15) is 13.2 Å². The normalized spacial score (nSPS) is 20.5. The smallest absolute Gasteiger partial charge is 0.347 e. The molecule has 2 fully saturated rings. The number of carbonyl (C=O) groups is 1. The minimum Gasteiger partial charge on any atom is -0.347 e. The molecule has 5 nitrogen and oxygen atoms in total. The van der Waals surface area contributed by atoms with Crippen LogP contribution in [0.3, 0.4) is 0 Å². The van der Waals surface area contributed by atoms with Crippen molar-refractivity contribution in [3.8, 4) is 10.4 Å². The minimum absolute atomic E-state index is 0.00997. The molecule has 3 aromatic rings. The van der Waals surface area contributed by atoms with Gasteiger partial charge in [0.05, 0.1) is 10.6 Å². The van der Waals surface area contributed by atoms with Gasteiger partial charge in [0.2, 0.25) is 0 Å². The number of nitrogens with one attached hydrogen (secondary N) is 2. The summed E-state index contributed by atoms with van der Waals surface area (Å²) in [4.78, 5) is 19.5. The van der Waals surface area contributed by atoms with Crippen molar-refractivity contribution < 1.29 is 22.2 Å². The van der Waals surface area contributed by atoms with Crippen molar-refractivity contribution in [2.75, 3.05) is 18.1 Å². The molecule has 1 saturated carbocycles. The zero-order valence-electron chi connectivity index (χ0n) is 19.4. The number of aromatic nitrogens is 1. The number of amides is 1. The lowest BCUT2D eigenvalue weighted by molar-refractivity contribution is -0.120. The van der Waals surface area contributed by atoms with Gasteiger partial charge in [0.15, 0.2) is 5.01 Å². The zero-order valence-corrected chi connectivity index (χ0v) is 21.8. The number of halogens is 3. The van der Waals surface area contributed by atoms with Crippen LogP contribution in [-0.4, -0.2) is 45.4 Å². The average Bonchev–Trinajstić information content (AvgIpc) is 3.56. The molecular weight excluding hydrogens is 527 g/mol. The highest BCUT2D eigenvalue weighted by Crippen LogP contribution is 2.42. The number of fused-ring (bicyclic) bond motifs is 1. The maximum absolute atomic E-state index is 13.1. The Morgan fingerprint density at radius 1 is 1.08 bits per heavy atom. The van der Waals surface area contributed by atoms with Crippen LogP contribution in [-0.2, 0) is 17.2 Å². The fraction of sp³-hybridized carbons (Fsp3) is 0.440. The molecule has 1 aromatic heterocycles. The molecule has 1 amide bonds. The van der Waals surface area contributed by atoms with Crippen LogP contribution >= 0.6 is 23.3 Å². The SMILES string of the molecule is O=C(NC1CCS(=O)CC1)c1nc(CC2CC2)c(-c2ccc(SNCC(F)(F)F)c3ccccc23)s1. The van der Waals surface area contributed by atoms with E-state index in [9.17, 15) is 22.2 Å². The van der Waals surface area contributed by atoms with Gasteiger partial charge in [-0.25, -0.2) is 4.98 Å². The molecule has 5 rings (SSSR count). The first kappa shape index (κ1) is 25.7. The number of nitrogens with zero attached hydrogens (tertiary/aromatic N) is 1. The van der Waals surface area contributed by atoms with Gasteiger partial charge in [0.25, 0.3) is 5.91 Å². The maximum Gasteiger partial charge on any atom is 0.402 e. The number of rotatable bonds is 8. The van der Waals surface area contributed by atoms with E-state index < -0.39 is 23.5 Å². The number of hydrogen-bond acceptors (Lipinski definition) is 6. The standard InChI is InChI=1S/C25H26F3N3O2S3/c26-25(27,28)14-29-35-21-8-7-19(17-3-1-2-4-18(17)21)22-20(13-15-5-6-15)31-24(34-22)23(32)30-16-9-11-36(33)12-10-16/h1-4,7-8,15-16,29H,5-6,9-14H2,(H,30,32). The van der Waals surface area contributed by atoms with Gasteiger partial charge in [0, 0.05) is 38.8 Å². The lowest BCUT2D eigenvalue weighted by atomic mass is 10.0. The summed E-state index contributed by atoms with van der Waals surface area (Å²) in [5, 5.41) is 5.25. The Labute approximate surface area is 218 Å². The molecule has 0 atom stereocenters. The Morgan fingerprint density at radius 3 is 2.50 bits per heavy atom. The van der Waals surface area contributed by atoms with E-state index >= 15 is 0 Å². The molecule has 1 aliphatic heterocycles. The fourth-order valence-electron chi connectivity index (χ4n) is 4.33. The van der Waals surface area contributed by atoms with Crippen LogP contribution in [0.2, 0.25) is 0 Å². The molecule has 2 N–H and O–H groups in total. The van der Waals surface area contributed by atoms with Gasteiger partial charge in [-0.05, 0) is 66.8 Å². The number of thiazole rings is 1. The van der Waals surface area contributed by atoms with Gasteiger partial charge in [0.1, 0.15) is 6.54 Å². The van der Waals surface area contributed by atoms with E-state index in [2.05, 4.69) is 10.0 Å². The van der Waals surface area contributed by atoms with Gasteiger partial charge >= 0.3 is 6.18 Å². The summed E-state index contributed by atoms with van der Waals surface area (Å²) in [6.45, 7) is -1.08. The van der Waals surface area contributed by atoms with Crippen molar-refractivity contribution in [2.45, 2.75) is 49.2 Å². The number of hydrogen-bond donors (Lipinski definition) is 2. The van der Waals surface area contributed by atoms with Crippen LogP contribution < -0.4 is 10.0 Å². The van der Waals surface area contributed by atoms with Gasteiger partial charge in [-0.15, -0.1) is 11.3 Å². The van der Waals surface area contributed by atoms with Crippen molar-refractivity contribution >= 4 is 50.8 Å². The summed E-state index contributed by atoms with van der Waals surface area (Å²) in [6.07, 6.45) is 0.237. The highest BCUT2D eigenvalue weighted by molar-refractivity contribution is 7.97. The third kappa shape index (κ3) is 6.30. The summed E-state index contributed by atoms with van der Waals surface area (Å²) in [6, 6.07) is 11.4. The minimum atomic E-state index is -4.28. The monoisotopic (exact) mass is 553 g/mol. The largest absolute Gasteiger partial charge is 0.402 e. The van der Waals surface area contributed by atoms with Crippen LogP contribution in [0.4, 0.5) is 13.2 Å².